The van der Waals surface area contributed by atoms with Crippen molar-refractivity contribution in [3.05, 3.63) is 30.1 Å². The van der Waals surface area contributed by atoms with Crippen LogP contribution in [0.25, 0.3) is 0 Å². The first-order valence-corrected chi connectivity index (χ1v) is 8.68. The van der Waals surface area contributed by atoms with Crippen LogP contribution in [-0.2, 0) is 16.0 Å². The molecule has 0 unspecified atom stereocenters. The second-order valence-corrected chi connectivity index (χ2v) is 7.17. The van der Waals surface area contributed by atoms with Gasteiger partial charge >= 0.3 is 0 Å². The molecule has 1 spiro atoms. The highest BCUT2D eigenvalue weighted by Crippen LogP contribution is 2.42. The smallest absolute Gasteiger partial charge is 0.0964 e. The van der Waals surface area contributed by atoms with E-state index in [4.69, 9.17) is 9.47 Å². The van der Waals surface area contributed by atoms with E-state index in [0.29, 0.717) is 5.92 Å². The summed E-state index contributed by atoms with van der Waals surface area (Å²) in [6, 6.07) is 6.13. The molecule has 4 heteroatoms. The lowest BCUT2D eigenvalue weighted by molar-refractivity contribution is -0.139. The molecule has 1 aliphatic carbocycles. The number of pyridine rings is 1. The van der Waals surface area contributed by atoms with Crippen LogP contribution in [0.15, 0.2) is 24.4 Å². The quantitative estimate of drug-likeness (QED) is 0.725. The van der Waals surface area contributed by atoms with Crippen LogP contribution in [0.4, 0.5) is 0 Å². The summed E-state index contributed by atoms with van der Waals surface area (Å²) in [4.78, 5) is 6.87. The highest BCUT2D eigenvalue weighted by molar-refractivity contribution is 5.09. The first-order chi connectivity index (χ1) is 10.8. The van der Waals surface area contributed by atoms with Crippen LogP contribution < -0.4 is 0 Å². The third-order valence-electron chi connectivity index (χ3n) is 5.36. The second-order valence-electron chi connectivity index (χ2n) is 7.17. The van der Waals surface area contributed by atoms with Gasteiger partial charge in [0.1, 0.15) is 0 Å². The first kappa shape index (κ1) is 14.6. The zero-order valence-corrected chi connectivity index (χ0v) is 13.2. The Morgan fingerprint density at radius 2 is 2.18 bits per heavy atom. The highest BCUT2D eigenvalue weighted by Gasteiger charge is 2.52. The minimum absolute atomic E-state index is 0.109. The first-order valence-electron chi connectivity index (χ1n) is 8.68. The molecular formula is C18H26N2O2. The van der Waals surface area contributed by atoms with Gasteiger partial charge in [0.15, 0.2) is 0 Å². The molecular weight excluding hydrogens is 276 g/mol. The van der Waals surface area contributed by atoms with Crippen LogP contribution in [0.1, 0.15) is 31.4 Å². The zero-order valence-electron chi connectivity index (χ0n) is 13.2. The predicted octanol–water partition coefficient (Wildman–Crippen LogP) is 2.49. The maximum atomic E-state index is 6.13. The molecule has 0 amide bonds. The van der Waals surface area contributed by atoms with Crippen molar-refractivity contribution in [3.8, 4) is 0 Å². The van der Waals surface area contributed by atoms with E-state index in [2.05, 4.69) is 22.0 Å². The Morgan fingerprint density at radius 3 is 2.95 bits per heavy atom. The van der Waals surface area contributed by atoms with Crippen molar-refractivity contribution in [1.82, 2.24) is 9.88 Å². The van der Waals surface area contributed by atoms with Crippen LogP contribution in [-0.4, -0.2) is 48.4 Å². The number of nitrogens with zero attached hydrogens (tertiary/aromatic N) is 2. The minimum atomic E-state index is 0.109. The van der Waals surface area contributed by atoms with Crippen LogP contribution >= 0.6 is 0 Å². The van der Waals surface area contributed by atoms with Gasteiger partial charge in [-0.3, -0.25) is 9.88 Å². The van der Waals surface area contributed by atoms with Gasteiger partial charge in [0.2, 0.25) is 0 Å². The van der Waals surface area contributed by atoms with Crippen molar-refractivity contribution in [3.63, 3.8) is 0 Å². The second kappa shape index (κ2) is 6.26. The number of ether oxygens (including phenoxy) is 2. The molecule has 3 fully saturated rings. The summed E-state index contributed by atoms with van der Waals surface area (Å²) >= 11 is 0. The molecule has 0 aromatic carbocycles. The summed E-state index contributed by atoms with van der Waals surface area (Å²) in [5.41, 5.74) is 1.26. The van der Waals surface area contributed by atoms with Crippen molar-refractivity contribution < 1.29 is 9.47 Å². The van der Waals surface area contributed by atoms with Gasteiger partial charge in [-0.15, -0.1) is 0 Å². The van der Waals surface area contributed by atoms with Gasteiger partial charge in [0.25, 0.3) is 0 Å². The van der Waals surface area contributed by atoms with Gasteiger partial charge in [-0.25, -0.2) is 0 Å². The van der Waals surface area contributed by atoms with Crippen molar-refractivity contribution in [1.29, 1.82) is 0 Å². The maximum absolute atomic E-state index is 6.13. The van der Waals surface area contributed by atoms with Gasteiger partial charge in [0.05, 0.1) is 11.3 Å². The molecule has 22 heavy (non-hydrogen) atoms. The lowest BCUT2D eigenvalue weighted by Gasteiger charge is -2.50. The number of hydrogen-bond acceptors (Lipinski definition) is 4. The molecule has 3 aliphatic rings. The SMILES string of the molecule is c1ccc(CN2CC3(C2)OCC[C@@H]3CCOCC2CC2)nc1. The van der Waals surface area contributed by atoms with Crippen molar-refractivity contribution in [2.24, 2.45) is 11.8 Å². The monoisotopic (exact) mass is 302 g/mol. The van der Waals surface area contributed by atoms with Crippen LogP contribution in [0.5, 0.6) is 0 Å². The Morgan fingerprint density at radius 1 is 1.27 bits per heavy atom. The van der Waals surface area contributed by atoms with E-state index in [1.54, 1.807) is 0 Å². The molecule has 2 saturated heterocycles. The number of likely N-dealkylation sites (tertiary alicyclic amines) is 1. The van der Waals surface area contributed by atoms with Crippen molar-refractivity contribution >= 4 is 0 Å². The topological polar surface area (TPSA) is 34.6 Å². The summed E-state index contributed by atoms with van der Waals surface area (Å²) in [5.74, 6) is 1.54. The van der Waals surface area contributed by atoms with E-state index in [9.17, 15) is 0 Å². The maximum Gasteiger partial charge on any atom is 0.0964 e. The van der Waals surface area contributed by atoms with E-state index >= 15 is 0 Å². The molecule has 120 valence electrons. The lowest BCUT2D eigenvalue weighted by atomic mass is 9.79. The molecule has 3 heterocycles. The van der Waals surface area contributed by atoms with E-state index < -0.39 is 0 Å². The van der Waals surface area contributed by atoms with E-state index in [1.807, 2.05) is 12.3 Å². The van der Waals surface area contributed by atoms with Crippen LogP contribution in [0.3, 0.4) is 0 Å². The molecule has 0 N–H and O–H groups in total. The molecule has 4 nitrogen and oxygen atoms in total. The standard InChI is InChI=1S/C18H26N2O2/c1-2-8-19-17(3-1)11-20-13-18(14-20)16(7-10-22-18)6-9-21-12-15-4-5-15/h1-3,8,15-16H,4-7,9-14H2/t16-/m0/s1. The Labute approximate surface area is 132 Å². The Bertz CT molecular complexity index is 483. The predicted molar refractivity (Wildman–Crippen MR) is 84.5 cm³/mol. The molecule has 0 radical (unpaired) electrons. The normalized spacial score (nSPS) is 27.2. The Kier molecular flexibility index (Phi) is 4.16. The van der Waals surface area contributed by atoms with Gasteiger partial charge < -0.3 is 9.47 Å². The number of rotatable bonds is 7. The molecule has 0 bridgehead atoms. The fourth-order valence-corrected chi connectivity index (χ4v) is 3.85. The van der Waals surface area contributed by atoms with Crippen LogP contribution in [0.2, 0.25) is 0 Å². The number of hydrogen-bond donors (Lipinski definition) is 0. The van der Waals surface area contributed by atoms with Gasteiger partial charge in [-0.05, 0) is 49.7 Å². The van der Waals surface area contributed by atoms with Gasteiger partial charge in [0, 0.05) is 45.7 Å². The summed E-state index contributed by atoms with van der Waals surface area (Å²) in [5, 5.41) is 0. The average molecular weight is 302 g/mol. The largest absolute Gasteiger partial charge is 0.381 e. The molecule has 1 aromatic rings. The summed E-state index contributed by atoms with van der Waals surface area (Å²) in [6.45, 7) is 5.86. The Balaban J connectivity index is 1.23. The van der Waals surface area contributed by atoms with E-state index in [1.165, 1.54) is 19.3 Å². The fraction of sp³-hybridized carbons (Fsp3) is 0.722. The summed E-state index contributed by atoms with van der Waals surface area (Å²) < 4.78 is 12.0. The Hall–Kier alpha value is -0.970. The summed E-state index contributed by atoms with van der Waals surface area (Å²) in [6.07, 6.45) is 6.98. The third kappa shape index (κ3) is 3.19. The number of aromatic nitrogens is 1. The van der Waals surface area contributed by atoms with E-state index in [0.717, 1.165) is 57.5 Å². The fourth-order valence-electron chi connectivity index (χ4n) is 3.85. The lowest BCUT2D eigenvalue weighted by Crippen LogP contribution is -2.64. The van der Waals surface area contributed by atoms with Gasteiger partial charge in [-0.2, -0.15) is 0 Å². The molecule has 2 aliphatic heterocycles. The molecule has 1 aromatic heterocycles. The van der Waals surface area contributed by atoms with Crippen molar-refractivity contribution in [2.45, 2.75) is 37.8 Å². The van der Waals surface area contributed by atoms with Crippen LogP contribution in [0, 0.1) is 11.8 Å². The highest BCUT2D eigenvalue weighted by atomic mass is 16.5. The summed E-state index contributed by atoms with van der Waals surface area (Å²) in [7, 11) is 0. The van der Waals surface area contributed by atoms with Gasteiger partial charge in [-0.1, -0.05) is 6.07 Å². The zero-order chi connectivity index (χ0) is 14.8. The molecule has 1 saturated carbocycles. The van der Waals surface area contributed by atoms with Crippen molar-refractivity contribution in [2.75, 3.05) is 32.9 Å². The minimum Gasteiger partial charge on any atom is -0.381 e. The van der Waals surface area contributed by atoms with E-state index in [-0.39, 0.29) is 5.60 Å². The molecule has 4 rings (SSSR count). The molecule has 1 atom stereocenters. The third-order valence-corrected chi connectivity index (χ3v) is 5.36. The average Bonchev–Trinajstić information content (AvgIpc) is 3.24.